The van der Waals surface area contributed by atoms with Crippen LogP contribution < -0.4 is 24.8 Å². The lowest BCUT2D eigenvalue weighted by Crippen LogP contribution is -2.37. The van der Waals surface area contributed by atoms with Crippen LogP contribution in [-0.2, 0) is 4.79 Å². The Balaban J connectivity index is 2.85. The number of carbonyl (C=O) groups excluding carboxylic acids is 2. The molecule has 22 heavy (non-hydrogen) atoms. The normalized spacial score (nSPS) is 9.82. The van der Waals surface area contributed by atoms with E-state index in [0.717, 1.165) is 6.42 Å². The summed E-state index contributed by atoms with van der Waals surface area (Å²) < 4.78 is 15.5. The number of ether oxygens (including phenoxy) is 3. The summed E-state index contributed by atoms with van der Waals surface area (Å²) in [6.07, 6.45) is 0.836. The number of hydrogen-bond acceptors (Lipinski definition) is 5. The third-order valence-electron chi connectivity index (χ3n) is 2.93. The lowest BCUT2D eigenvalue weighted by molar-refractivity contribution is -0.120. The molecule has 0 aliphatic heterocycles. The van der Waals surface area contributed by atoms with Crippen LogP contribution in [0.15, 0.2) is 12.1 Å². The molecule has 1 rings (SSSR count). The monoisotopic (exact) mass is 310 g/mol. The minimum Gasteiger partial charge on any atom is -0.496 e. The number of rotatable bonds is 8. The first kappa shape index (κ1) is 17.6. The molecule has 7 heteroatoms. The number of benzene rings is 1. The molecule has 0 heterocycles. The van der Waals surface area contributed by atoms with Crippen molar-refractivity contribution < 1.29 is 23.8 Å². The molecule has 1 aromatic rings. The van der Waals surface area contributed by atoms with Crippen molar-refractivity contribution in [1.29, 1.82) is 0 Å². The van der Waals surface area contributed by atoms with Gasteiger partial charge in [-0.15, -0.1) is 0 Å². The van der Waals surface area contributed by atoms with E-state index in [0.29, 0.717) is 23.8 Å². The first-order valence-electron chi connectivity index (χ1n) is 6.92. The molecular weight excluding hydrogens is 288 g/mol. The summed E-state index contributed by atoms with van der Waals surface area (Å²) in [5.41, 5.74) is 0.267. The van der Waals surface area contributed by atoms with Gasteiger partial charge in [0.15, 0.2) is 11.5 Å². The fourth-order valence-corrected chi connectivity index (χ4v) is 1.79. The van der Waals surface area contributed by atoms with Crippen LogP contribution in [0, 0.1) is 0 Å². The van der Waals surface area contributed by atoms with Crippen LogP contribution in [0.3, 0.4) is 0 Å². The van der Waals surface area contributed by atoms with Crippen molar-refractivity contribution in [3.8, 4) is 17.2 Å². The molecule has 0 bridgehead atoms. The quantitative estimate of drug-likeness (QED) is 0.747. The minimum atomic E-state index is -0.426. The highest BCUT2D eigenvalue weighted by molar-refractivity contribution is 5.99. The number of amides is 2. The fourth-order valence-electron chi connectivity index (χ4n) is 1.79. The van der Waals surface area contributed by atoms with Crippen molar-refractivity contribution in [2.45, 2.75) is 13.3 Å². The second-order valence-corrected chi connectivity index (χ2v) is 4.44. The molecule has 1 aromatic carbocycles. The molecular formula is C15H22N2O5. The number of hydrogen-bond donors (Lipinski definition) is 2. The van der Waals surface area contributed by atoms with E-state index in [1.807, 2.05) is 6.92 Å². The lowest BCUT2D eigenvalue weighted by Gasteiger charge is -2.14. The highest BCUT2D eigenvalue weighted by Gasteiger charge is 2.18. The molecule has 122 valence electrons. The van der Waals surface area contributed by atoms with Crippen LogP contribution in [0.4, 0.5) is 0 Å². The van der Waals surface area contributed by atoms with Gasteiger partial charge in [0.2, 0.25) is 5.91 Å². The molecule has 0 fully saturated rings. The van der Waals surface area contributed by atoms with E-state index in [1.165, 1.54) is 27.4 Å². The van der Waals surface area contributed by atoms with Gasteiger partial charge in [0, 0.05) is 18.7 Å². The molecule has 2 amide bonds. The van der Waals surface area contributed by atoms with E-state index < -0.39 is 5.91 Å². The standard InChI is InChI=1S/C15H22N2O5/c1-5-6-16-14(18)9-17-15(19)10-7-12(21-3)13(22-4)8-11(10)20-2/h7-8H,5-6,9H2,1-4H3,(H,16,18)(H,17,19). The van der Waals surface area contributed by atoms with Crippen LogP contribution in [0.5, 0.6) is 17.2 Å². The van der Waals surface area contributed by atoms with Crippen molar-refractivity contribution in [2.75, 3.05) is 34.4 Å². The maximum absolute atomic E-state index is 12.2. The maximum atomic E-state index is 12.2. The molecule has 2 N–H and O–H groups in total. The maximum Gasteiger partial charge on any atom is 0.255 e. The van der Waals surface area contributed by atoms with E-state index in [2.05, 4.69) is 10.6 Å². The van der Waals surface area contributed by atoms with Crippen molar-refractivity contribution in [1.82, 2.24) is 10.6 Å². The predicted octanol–water partition coefficient (Wildman–Crippen LogP) is 0.968. The van der Waals surface area contributed by atoms with Gasteiger partial charge >= 0.3 is 0 Å². The summed E-state index contributed by atoms with van der Waals surface area (Å²) in [5, 5.41) is 5.22. The number of nitrogens with one attached hydrogen (secondary N) is 2. The number of carbonyl (C=O) groups is 2. The van der Waals surface area contributed by atoms with E-state index in [4.69, 9.17) is 14.2 Å². The van der Waals surface area contributed by atoms with Gasteiger partial charge < -0.3 is 24.8 Å². The summed E-state index contributed by atoms with van der Waals surface area (Å²) >= 11 is 0. The number of methoxy groups -OCH3 is 3. The molecule has 0 spiro atoms. The molecule has 0 atom stereocenters. The zero-order valence-corrected chi connectivity index (χ0v) is 13.3. The van der Waals surface area contributed by atoms with Crippen molar-refractivity contribution in [3.63, 3.8) is 0 Å². The molecule has 0 saturated heterocycles. The van der Waals surface area contributed by atoms with Crippen molar-refractivity contribution in [3.05, 3.63) is 17.7 Å². The van der Waals surface area contributed by atoms with Crippen LogP contribution in [-0.4, -0.2) is 46.2 Å². The van der Waals surface area contributed by atoms with Crippen LogP contribution in [0.2, 0.25) is 0 Å². The summed E-state index contributed by atoms with van der Waals surface area (Å²) in [7, 11) is 4.42. The Morgan fingerprint density at radius 3 is 2.09 bits per heavy atom. The van der Waals surface area contributed by atoms with Gasteiger partial charge in [0.1, 0.15) is 5.75 Å². The second-order valence-electron chi connectivity index (χ2n) is 4.44. The molecule has 0 aliphatic rings. The first-order chi connectivity index (χ1) is 10.6. The summed E-state index contributed by atoms with van der Waals surface area (Å²) in [6, 6.07) is 3.07. The SMILES string of the molecule is CCCNC(=O)CNC(=O)c1cc(OC)c(OC)cc1OC. The Bertz CT molecular complexity index is 531. The van der Waals surface area contributed by atoms with E-state index in [1.54, 1.807) is 6.07 Å². The van der Waals surface area contributed by atoms with Gasteiger partial charge in [0.05, 0.1) is 33.4 Å². The summed E-state index contributed by atoms with van der Waals surface area (Å²) in [5.74, 6) is 0.531. The van der Waals surface area contributed by atoms with Gasteiger partial charge in [-0.3, -0.25) is 9.59 Å². The highest BCUT2D eigenvalue weighted by Crippen LogP contribution is 2.34. The Hall–Kier alpha value is -2.44. The van der Waals surface area contributed by atoms with Crippen molar-refractivity contribution in [2.24, 2.45) is 0 Å². The van der Waals surface area contributed by atoms with E-state index in [-0.39, 0.29) is 18.0 Å². The van der Waals surface area contributed by atoms with E-state index in [9.17, 15) is 9.59 Å². The molecule has 0 aromatic heterocycles. The first-order valence-corrected chi connectivity index (χ1v) is 6.92. The molecule has 0 radical (unpaired) electrons. The molecule has 7 nitrogen and oxygen atoms in total. The Morgan fingerprint density at radius 2 is 1.55 bits per heavy atom. The average molecular weight is 310 g/mol. The Labute approximate surface area is 129 Å². The fraction of sp³-hybridized carbons (Fsp3) is 0.467. The van der Waals surface area contributed by atoms with Gasteiger partial charge in [-0.2, -0.15) is 0 Å². The zero-order valence-electron chi connectivity index (χ0n) is 13.3. The third kappa shape index (κ3) is 4.54. The van der Waals surface area contributed by atoms with Crippen molar-refractivity contribution >= 4 is 11.8 Å². The van der Waals surface area contributed by atoms with Crippen LogP contribution >= 0.6 is 0 Å². The predicted molar refractivity (Wildman–Crippen MR) is 81.7 cm³/mol. The highest BCUT2D eigenvalue weighted by atomic mass is 16.5. The minimum absolute atomic E-state index is 0.101. The Kier molecular flexibility index (Phi) is 7.01. The smallest absolute Gasteiger partial charge is 0.255 e. The van der Waals surface area contributed by atoms with Gasteiger partial charge in [-0.1, -0.05) is 6.92 Å². The third-order valence-corrected chi connectivity index (χ3v) is 2.93. The molecule has 0 aliphatic carbocycles. The molecule has 0 saturated carbocycles. The Morgan fingerprint density at radius 1 is 0.955 bits per heavy atom. The lowest BCUT2D eigenvalue weighted by atomic mass is 10.1. The van der Waals surface area contributed by atoms with Gasteiger partial charge in [0.25, 0.3) is 5.91 Å². The molecule has 0 unspecified atom stereocenters. The largest absolute Gasteiger partial charge is 0.496 e. The summed E-state index contributed by atoms with van der Waals surface area (Å²) in [6.45, 7) is 2.43. The topological polar surface area (TPSA) is 85.9 Å². The second kappa shape index (κ2) is 8.76. The van der Waals surface area contributed by atoms with Crippen LogP contribution in [0.1, 0.15) is 23.7 Å². The van der Waals surface area contributed by atoms with Gasteiger partial charge in [-0.25, -0.2) is 0 Å². The van der Waals surface area contributed by atoms with Gasteiger partial charge in [-0.05, 0) is 6.42 Å². The van der Waals surface area contributed by atoms with E-state index >= 15 is 0 Å². The average Bonchev–Trinajstić information content (AvgIpc) is 2.56. The van der Waals surface area contributed by atoms with Crippen LogP contribution in [0.25, 0.3) is 0 Å². The summed E-state index contributed by atoms with van der Waals surface area (Å²) in [4.78, 5) is 23.7. The zero-order chi connectivity index (χ0) is 16.5.